The first-order valence-electron chi connectivity index (χ1n) is 7.01. The summed E-state index contributed by atoms with van der Waals surface area (Å²) in [5.74, 6) is 0.527. The largest absolute Gasteiger partial charge is 0.379 e. The van der Waals surface area contributed by atoms with E-state index in [2.05, 4.69) is 16.4 Å². The molecule has 0 unspecified atom stereocenters. The highest BCUT2D eigenvalue weighted by molar-refractivity contribution is 7.98. The van der Waals surface area contributed by atoms with Crippen LogP contribution in [-0.4, -0.2) is 4.98 Å². The van der Waals surface area contributed by atoms with Gasteiger partial charge in [-0.2, -0.15) is 0 Å². The van der Waals surface area contributed by atoms with Gasteiger partial charge < -0.3 is 5.32 Å². The Balaban J connectivity index is 1.65. The predicted octanol–water partition coefficient (Wildman–Crippen LogP) is 5.84. The topological polar surface area (TPSA) is 24.9 Å². The van der Waals surface area contributed by atoms with Crippen molar-refractivity contribution in [2.75, 3.05) is 5.32 Å². The second kappa shape index (κ2) is 7.81. The monoisotopic (exact) mass is 364 g/mol. The second-order valence-corrected chi connectivity index (χ2v) is 7.56. The molecule has 0 bridgehead atoms. The van der Waals surface area contributed by atoms with Gasteiger partial charge in [0.25, 0.3) is 0 Å². The lowest BCUT2D eigenvalue weighted by molar-refractivity contribution is 0.626. The number of rotatable bonds is 6. The van der Waals surface area contributed by atoms with Gasteiger partial charge >= 0.3 is 0 Å². The smallest absolute Gasteiger partial charge is 0.183 e. The fourth-order valence-corrected chi connectivity index (χ4v) is 3.96. The summed E-state index contributed by atoms with van der Waals surface area (Å²) >= 11 is 9.00. The molecule has 0 fully saturated rings. The standard InChI is InChI=1S/C17H14ClFN2S2/c18-17-21-10-14(23-17)9-20-15-6-1-2-7-16(15)22-11-12-4-3-5-13(19)8-12/h1-8,10,20H,9,11H2. The lowest BCUT2D eigenvalue weighted by atomic mass is 10.2. The van der Waals surface area contributed by atoms with Crippen molar-refractivity contribution >= 4 is 40.4 Å². The first-order chi connectivity index (χ1) is 11.2. The average molecular weight is 365 g/mol. The van der Waals surface area contributed by atoms with Crippen molar-refractivity contribution in [1.82, 2.24) is 4.98 Å². The van der Waals surface area contributed by atoms with Crippen molar-refractivity contribution in [3.05, 3.63) is 75.5 Å². The highest BCUT2D eigenvalue weighted by atomic mass is 35.5. The van der Waals surface area contributed by atoms with Gasteiger partial charge in [-0.25, -0.2) is 9.37 Å². The average Bonchev–Trinajstić information content (AvgIpc) is 2.97. The Kier molecular flexibility index (Phi) is 5.54. The van der Waals surface area contributed by atoms with Crippen LogP contribution in [0.4, 0.5) is 10.1 Å². The molecule has 1 aromatic heterocycles. The van der Waals surface area contributed by atoms with E-state index in [4.69, 9.17) is 11.6 Å². The molecule has 0 radical (unpaired) electrons. The Morgan fingerprint density at radius 2 is 2.04 bits per heavy atom. The minimum absolute atomic E-state index is 0.198. The van der Waals surface area contributed by atoms with Crippen LogP contribution in [0, 0.1) is 5.82 Å². The molecule has 0 amide bonds. The Hall–Kier alpha value is -1.56. The minimum atomic E-state index is -0.198. The van der Waals surface area contributed by atoms with E-state index in [9.17, 15) is 4.39 Å². The normalized spacial score (nSPS) is 10.7. The lowest BCUT2D eigenvalue weighted by Gasteiger charge is -2.11. The summed E-state index contributed by atoms with van der Waals surface area (Å²) in [6, 6.07) is 14.8. The molecule has 0 aliphatic carbocycles. The highest BCUT2D eigenvalue weighted by Crippen LogP contribution is 2.30. The van der Waals surface area contributed by atoms with Gasteiger partial charge in [0.1, 0.15) is 5.82 Å². The molecule has 2 aromatic carbocycles. The molecule has 0 atom stereocenters. The molecule has 6 heteroatoms. The van der Waals surface area contributed by atoms with Gasteiger partial charge in [0.2, 0.25) is 0 Å². The summed E-state index contributed by atoms with van der Waals surface area (Å²) in [7, 11) is 0. The van der Waals surface area contributed by atoms with Crippen LogP contribution in [0.25, 0.3) is 0 Å². The molecule has 3 rings (SSSR count). The molecule has 1 N–H and O–H groups in total. The SMILES string of the molecule is Fc1cccc(CSc2ccccc2NCc2cnc(Cl)s2)c1. The molecule has 3 aromatic rings. The number of hydrogen-bond acceptors (Lipinski definition) is 4. The van der Waals surface area contributed by atoms with E-state index >= 15 is 0 Å². The number of benzene rings is 2. The zero-order valence-electron chi connectivity index (χ0n) is 12.1. The predicted molar refractivity (Wildman–Crippen MR) is 96.9 cm³/mol. The molecule has 2 nitrogen and oxygen atoms in total. The first-order valence-corrected chi connectivity index (χ1v) is 9.19. The number of thiazole rings is 1. The zero-order valence-corrected chi connectivity index (χ0v) is 14.5. The van der Waals surface area contributed by atoms with Crippen LogP contribution in [0.5, 0.6) is 0 Å². The molecule has 1 heterocycles. The molecule has 23 heavy (non-hydrogen) atoms. The van der Waals surface area contributed by atoms with Crippen molar-refractivity contribution in [1.29, 1.82) is 0 Å². The maximum atomic E-state index is 13.2. The highest BCUT2D eigenvalue weighted by Gasteiger charge is 2.05. The van der Waals surface area contributed by atoms with E-state index in [1.54, 1.807) is 30.1 Å². The van der Waals surface area contributed by atoms with Crippen molar-refractivity contribution in [2.45, 2.75) is 17.2 Å². The number of aromatic nitrogens is 1. The van der Waals surface area contributed by atoms with Gasteiger partial charge in [-0.1, -0.05) is 35.9 Å². The minimum Gasteiger partial charge on any atom is -0.379 e. The van der Waals surface area contributed by atoms with Crippen LogP contribution in [0.15, 0.2) is 59.6 Å². The van der Waals surface area contributed by atoms with Crippen LogP contribution < -0.4 is 5.32 Å². The molecule has 0 aliphatic rings. The number of hydrogen-bond donors (Lipinski definition) is 1. The maximum absolute atomic E-state index is 13.2. The van der Waals surface area contributed by atoms with Crippen LogP contribution in [0.2, 0.25) is 4.47 Å². The van der Waals surface area contributed by atoms with Gasteiger partial charge in [0, 0.05) is 27.4 Å². The summed E-state index contributed by atoms with van der Waals surface area (Å²) < 4.78 is 13.8. The Bertz CT molecular complexity index is 792. The Morgan fingerprint density at radius 1 is 1.17 bits per heavy atom. The third-order valence-corrected chi connectivity index (χ3v) is 5.41. The summed E-state index contributed by atoms with van der Waals surface area (Å²) in [5, 5.41) is 3.41. The van der Waals surface area contributed by atoms with Crippen molar-refractivity contribution in [3.8, 4) is 0 Å². The van der Waals surface area contributed by atoms with Gasteiger partial charge in [-0.05, 0) is 29.8 Å². The van der Waals surface area contributed by atoms with E-state index in [-0.39, 0.29) is 5.82 Å². The molecule has 0 saturated carbocycles. The third-order valence-electron chi connectivity index (χ3n) is 3.15. The summed E-state index contributed by atoms with van der Waals surface area (Å²) in [6.07, 6.45) is 1.78. The zero-order chi connectivity index (χ0) is 16.1. The van der Waals surface area contributed by atoms with Crippen LogP contribution in [0.3, 0.4) is 0 Å². The number of thioether (sulfide) groups is 1. The van der Waals surface area contributed by atoms with Crippen LogP contribution in [0.1, 0.15) is 10.4 Å². The van der Waals surface area contributed by atoms with Gasteiger partial charge in [0.15, 0.2) is 4.47 Å². The van der Waals surface area contributed by atoms with E-state index in [0.29, 0.717) is 11.0 Å². The van der Waals surface area contributed by atoms with Gasteiger partial charge in [0.05, 0.1) is 6.54 Å². The molecular formula is C17H14ClFN2S2. The Morgan fingerprint density at radius 3 is 2.83 bits per heavy atom. The molecule has 0 aliphatic heterocycles. The first kappa shape index (κ1) is 16.3. The van der Waals surface area contributed by atoms with Crippen molar-refractivity contribution in [2.24, 2.45) is 0 Å². The lowest BCUT2D eigenvalue weighted by Crippen LogP contribution is -1.98. The third kappa shape index (κ3) is 4.70. The Labute approximate surface area is 147 Å². The second-order valence-electron chi connectivity index (χ2n) is 4.85. The van der Waals surface area contributed by atoms with Crippen molar-refractivity contribution in [3.63, 3.8) is 0 Å². The number of nitrogens with zero attached hydrogens (tertiary/aromatic N) is 1. The summed E-state index contributed by atoms with van der Waals surface area (Å²) in [5.41, 5.74) is 2.03. The van der Waals surface area contributed by atoms with E-state index < -0.39 is 0 Å². The van der Waals surface area contributed by atoms with E-state index in [0.717, 1.165) is 26.8 Å². The molecule has 118 valence electrons. The number of para-hydroxylation sites is 1. The number of nitrogens with one attached hydrogen (secondary N) is 1. The number of halogens is 2. The van der Waals surface area contributed by atoms with Crippen molar-refractivity contribution < 1.29 is 4.39 Å². The number of anilines is 1. The molecule has 0 spiro atoms. The van der Waals surface area contributed by atoms with E-state index in [1.165, 1.54) is 17.4 Å². The van der Waals surface area contributed by atoms with Gasteiger partial charge in [-0.15, -0.1) is 23.1 Å². The fraction of sp³-hybridized carbons (Fsp3) is 0.118. The van der Waals surface area contributed by atoms with Crippen LogP contribution in [-0.2, 0) is 12.3 Å². The molecular weight excluding hydrogens is 351 g/mol. The summed E-state index contributed by atoms with van der Waals surface area (Å²) in [4.78, 5) is 6.25. The summed E-state index contributed by atoms with van der Waals surface area (Å²) in [6.45, 7) is 0.682. The fourth-order valence-electron chi connectivity index (χ4n) is 2.07. The van der Waals surface area contributed by atoms with Crippen LogP contribution >= 0.6 is 34.7 Å². The quantitative estimate of drug-likeness (QED) is 0.556. The maximum Gasteiger partial charge on any atom is 0.183 e. The molecule has 0 saturated heterocycles. The van der Waals surface area contributed by atoms with Gasteiger partial charge in [-0.3, -0.25) is 0 Å². The van der Waals surface area contributed by atoms with E-state index in [1.807, 2.05) is 24.3 Å².